The summed E-state index contributed by atoms with van der Waals surface area (Å²) < 4.78 is 11.1. The van der Waals surface area contributed by atoms with Crippen molar-refractivity contribution in [2.75, 3.05) is 0 Å². The predicted molar refractivity (Wildman–Crippen MR) is 142 cm³/mol. The zero-order chi connectivity index (χ0) is 24.4. The first-order valence-corrected chi connectivity index (χ1v) is 13.1. The Morgan fingerprint density at radius 3 is 1.46 bits per heavy atom. The van der Waals surface area contributed by atoms with Gasteiger partial charge in [0.2, 0.25) is 0 Å². The van der Waals surface area contributed by atoms with Crippen molar-refractivity contribution < 1.29 is 19.1 Å². The summed E-state index contributed by atoms with van der Waals surface area (Å²) >= 11 is 2.92. The molecule has 4 nitrogen and oxygen atoms in total. The Morgan fingerprint density at radius 2 is 1.06 bits per heavy atom. The fraction of sp³-hybridized carbons (Fsp3) is 0.172. The average Bonchev–Trinajstić information content (AvgIpc) is 3.58. The first-order chi connectivity index (χ1) is 17.0. The first-order valence-electron chi connectivity index (χ1n) is 11.5. The van der Waals surface area contributed by atoms with E-state index >= 15 is 0 Å². The Labute approximate surface area is 212 Å². The summed E-state index contributed by atoms with van der Waals surface area (Å²) in [6.07, 6.45) is 2.93. The molecular weight excluding hydrogens is 476 g/mol. The quantitative estimate of drug-likeness (QED) is 0.199. The highest BCUT2D eigenvalue weighted by molar-refractivity contribution is 7.14. The third-order valence-corrected chi connectivity index (χ3v) is 8.07. The van der Waals surface area contributed by atoms with Crippen LogP contribution in [0.4, 0.5) is 0 Å². The van der Waals surface area contributed by atoms with Gasteiger partial charge in [-0.3, -0.25) is 0 Å². The fourth-order valence-electron chi connectivity index (χ4n) is 4.39. The summed E-state index contributed by atoms with van der Waals surface area (Å²) in [6, 6.07) is 22.2. The average molecular weight is 501 g/mol. The molecule has 0 aliphatic heterocycles. The van der Waals surface area contributed by atoms with Crippen molar-refractivity contribution in [3.05, 3.63) is 103 Å². The van der Waals surface area contributed by atoms with Crippen molar-refractivity contribution in [2.24, 2.45) is 0 Å². The molecule has 0 N–H and O–H groups in total. The Balaban J connectivity index is 1.42. The molecule has 1 aliphatic carbocycles. The van der Waals surface area contributed by atoms with Crippen LogP contribution in [-0.4, -0.2) is 11.9 Å². The van der Waals surface area contributed by atoms with Gasteiger partial charge >= 0.3 is 11.9 Å². The SMILES string of the molecule is Cc1sc(C(=O)Oc2ccccc2)cc1C1=C(c2cc(C(=O)Oc3ccccc3)sc2C)CCC1. The molecule has 0 unspecified atom stereocenters. The van der Waals surface area contributed by atoms with E-state index in [0.717, 1.165) is 40.1 Å². The Bertz CT molecular complexity index is 1300. The van der Waals surface area contributed by atoms with Crippen LogP contribution in [0.25, 0.3) is 11.1 Å². The van der Waals surface area contributed by atoms with Crippen LogP contribution in [0.1, 0.15) is 59.5 Å². The maximum absolute atomic E-state index is 12.8. The summed E-state index contributed by atoms with van der Waals surface area (Å²) in [5.41, 5.74) is 4.70. The lowest BCUT2D eigenvalue weighted by atomic mass is 9.97. The molecule has 0 amide bonds. The topological polar surface area (TPSA) is 52.6 Å². The molecular formula is C29H24O4S2. The highest BCUT2D eigenvalue weighted by Gasteiger charge is 2.25. The summed E-state index contributed by atoms with van der Waals surface area (Å²) in [6.45, 7) is 4.09. The molecule has 0 saturated heterocycles. The lowest BCUT2D eigenvalue weighted by molar-refractivity contribution is 0.0730. The molecule has 2 aromatic heterocycles. The second-order valence-corrected chi connectivity index (χ2v) is 10.9. The van der Waals surface area contributed by atoms with Crippen molar-refractivity contribution in [1.29, 1.82) is 0 Å². The number of aryl methyl sites for hydroxylation is 2. The zero-order valence-electron chi connectivity index (χ0n) is 19.5. The van der Waals surface area contributed by atoms with Crippen molar-refractivity contribution in [3.63, 3.8) is 0 Å². The minimum absolute atomic E-state index is 0.339. The van der Waals surface area contributed by atoms with Crippen LogP contribution < -0.4 is 9.47 Å². The van der Waals surface area contributed by atoms with Gasteiger partial charge in [-0.25, -0.2) is 9.59 Å². The molecule has 35 heavy (non-hydrogen) atoms. The van der Waals surface area contributed by atoms with Gasteiger partial charge in [0.05, 0.1) is 0 Å². The number of carbonyl (C=O) groups is 2. The van der Waals surface area contributed by atoms with E-state index in [-0.39, 0.29) is 11.9 Å². The minimum atomic E-state index is -0.339. The van der Waals surface area contributed by atoms with Crippen LogP contribution in [0, 0.1) is 13.8 Å². The first kappa shape index (κ1) is 23.3. The Hall–Kier alpha value is -3.48. The number of hydrogen-bond acceptors (Lipinski definition) is 6. The molecule has 0 radical (unpaired) electrons. The molecule has 0 saturated carbocycles. The van der Waals surface area contributed by atoms with E-state index in [0.29, 0.717) is 21.3 Å². The maximum atomic E-state index is 12.8. The summed E-state index contributed by atoms with van der Waals surface area (Å²) in [5.74, 6) is 0.395. The third-order valence-electron chi connectivity index (χ3n) is 6.01. The molecule has 176 valence electrons. The van der Waals surface area contributed by atoms with Crippen LogP contribution in [-0.2, 0) is 0 Å². The molecule has 0 bridgehead atoms. The van der Waals surface area contributed by atoms with Gasteiger partial charge in [0.15, 0.2) is 0 Å². The zero-order valence-corrected chi connectivity index (χ0v) is 21.1. The molecule has 0 spiro atoms. The predicted octanol–water partition coefficient (Wildman–Crippen LogP) is 7.96. The largest absolute Gasteiger partial charge is 0.422 e. The van der Waals surface area contributed by atoms with E-state index in [1.807, 2.05) is 62.4 Å². The fourth-order valence-corrected chi connectivity index (χ4v) is 6.24. The van der Waals surface area contributed by atoms with Crippen molar-refractivity contribution in [3.8, 4) is 11.5 Å². The van der Waals surface area contributed by atoms with Crippen LogP contribution in [0.15, 0.2) is 72.8 Å². The van der Waals surface area contributed by atoms with Crippen LogP contribution >= 0.6 is 22.7 Å². The third kappa shape index (κ3) is 4.99. The van der Waals surface area contributed by atoms with E-state index in [1.165, 1.54) is 33.8 Å². The van der Waals surface area contributed by atoms with E-state index in [9.17, 15) is 9.59 Å². The monoisotopic (exact) mass is 500 g/mol. The summed E-state index contributed by atoms with van der Waals surface area (Å²) in [4.78, 5) is 28.9. The lowest BCUT2D eigenvalue weighted by Crippen LogP contribution is -2.06. The number of rotatable bonds is 6. The Morgan fingerprint density at radius 1 is 0.657 bits per heavy atom. The molecule has 4 aromatic rings. The number of para-hydroxylation sites is 2. The molecule has 2 heterocycles. The minimum Gasteiger partial charge on any atom is -0.422 e. The highest BCUT2D eigenvalue weighted by atomic mass is 32.1. The molecule has 2 aromatic carbocycles. The van der Waals surface area contributed by atoms with E-state index in [4.69, 9.17) is 9.47 Å². The van der Waals surface area contributed by atoms with Gasteiger partial charge in [0.1, 0.15) is 21.3 Å². The number of allylic oxidation sites excluding steroid dienone is 2. The molecule has 0 atom stereocenters. The highest BCUT2D eigenvalue weighted by Crippen LogP contribution is 2.45. The molecule has 6 heteroatoms. The standard InChI is InChI=1S/C29H24O4S2/c1-18-24(16-26(34-18)28(30)32-20-10-5-3-6-11-20)22-14-9-15-23(22)25-17-27(35-19(25)2)29(31)33-21-12-7-4-8-13-21/h3-8,10-13,16-17H,9,14-15H2,1-2H3. The van der Waals surface area contributed by atoms with Gasteiger partial charge in [-0.05, 0) is 91.8 Å². The van der Waals surface area contributed by atoms with Gasteiger partial charge in [0, 0.05) is 9.75 Å². The summed E-state index contributed by atoms with van der Waals surface area (Å²) in [7, 11) is 0. The van der Waals surface area contributed by atoms with Crippen LogP contribution in [0.2, 0.25) is 0 Å². The summed E-state index contributed by atoms with van der Waals surface area (Å²) in [5, 5.41) is 0. The van der Waals surface area contributed by atoms with Gasteiger partial charge in [-0.2, -0.15) is 0 Å². The number of hydrogen-bond donors (Lipinski definition) is 0. The van der Waals surface area contributed by atoms with Gasteiger partial charge in [-0.15, -0.1) is 22.7 Å². The van der Waals surface area contributed by atoms with Crippen LogP contribution in [0.5, 0.6) is 11.5 Å². The number of ether oxygens (including phenoxy) is 2. The van der Waals surface area contributed by atoms with E-state index in [2.05, 4.69) is 0 Å². The number of benzene rings is 2. The molecule has 1 aliphatic rings. The lowest BCUT2D eigenvalue weighted by Gasteiger charge is -2.07. The van der Waals surface area contributed by atoms with Crippen molar-refractivity contribution in [1.82, 2.24) is 0 Å². The molecule has 5 rings (SSSR count). The second-order valence-electron chi connectivity index (χ2n) is 8.38. The van der Waals surface area contributed by atoms with E-state index in [1.54, 1.807) is 24.3 Å². The number of esters is 2. The van der Waals surface area contributed by atoms with Gasteiger partial charge in [0.25, 0.3) is 0 Å². The van der Waals surface area contributed by atoms with E-state index < -0.39 is 0 Å². The number of carbonyl (C=O) groups excluding carboxylic acids is 2. The molecule has 0 fully saturated rings. The van der Waals surface area contributed by atoms with Crippen LogP contribution in [0.3, 0.4) is 0 Å². The Kier molecular flexibility index (Phi) is 6.66. The number of thiophene rings is 2. The van der Waals surface area contributed by atoms with Gasteiger partial charge in [-0.1, -0.05) is 36.4 Å². The second kappa shape index (κ2) is 10.0. The maximum Gasteiger partial charge on any atom is 0.353 e. The van der Waals surface area contributed by atoms with Gasteiger partial charge < -0.3 is 9.47 Å². The normalized spacial score (nSPS) is 13.2. The van der Waals surface area contributed by atoms with Crippen molar-refractivity contribution in [2.45, 2.75) is 33.1 Å². The van der Waals surface area contributed by atoms with Crippen molar-refractivity contribution >= 4 is 45.8 Å². The smallest absolute Gasteiger partial charge is 0.353 e.